The molecule has 4 heteroatoms. The molecule has 3 aromatic rings. The van der Waals surface area contributed by atoms with E-state index in [9.17, 15) is 0 Å². The Kier molecular flexibility index (Phi) is 2.16. The van der Waals surface area contributed by atoms with Crippen molar-refractivity contribution < 1.29 is 8.83 Å². The van der Waals surface area contributed by atoms with Gasteiger partial charge in [-0.15, -0.1) is 0 Å². The Labute approximate surface area is 97.1 Å². The second kappa shape index (κ2) is 3.80. The van der Waals surface area contributed by atoms with Crippen molar-refractivity contribution in [1.29, 1.82) is 5.26 Å². The first-order valence-electron chi connectivity index (χ1n) is 5.18. The summed E-state index contributed by atoms with van der Waals surface area (Å²) in [6.07, 6.45) is 1.89. The Morgan fingerprint density at radius 3 is 2.94 bits per heavy atom. The second-order valence-corrected chi connectivity index (χ2v) is 3.60. The van der Waals surface area contributed by atoms with E-state index in [-0.39, 0.29) is 0 Å². The van der Waals surface area contributed by atoms with Crippen molar-refractivity contribution >= 4 is 11.1 Å². The number of nitriles is 1. The smallest absolute Gasteiger partial charge is 0.263 e. The number of aromatic nitrogens is 1. The van der Waals surface area contributed by atoms with Crippen LogP contribution in [0.15, 0.2) is 45.4 Å². The van der Waals surface area contributed by atoms with Gasteiger partial charge in [-0.1, -0.05) is 12.1 Å². The number of fused-ring (bicyclic) bond motifs is 1. The quantitative estimate of drug-likeness (QED) is 0.670. The lowest BCUT2D eigenvalue weighted by Crippen LogP contribution is -1.83. The summed E-state index contributed by atoms with van der Waals surface area (Å²) in [5, 5.41) is 8.74. The van der Waals surface area contributed by atoms with Gasteiger partial charge in [0.05, 0.1) is 18.8 Å². The van der Waals surface area contributed by atoms with E-state index in [1.165, 1.54) is 0 Å². The maximum atomic E-state index is 8.74. The number of benzene rings is 1. The molecule has 0 aliphatic carbocycles. The van der Waals surface area contributed by atoms with Crippen molar-refractivity contribution in [3.8, 4) is 17.7 Å². The fourth-order valence-corrected chi connectivity index (χ4v) is 1.74. The molecule has 0 amide bonds. The van der Waals surface area contributed by atoms with Gasteiger partial charge in [0.1, 0.15) is 5.52 Å². The minimum Gasteiger partial charge on any atom is -0.459 e. The van der Waals surface area contributed by atoms with Crippen LogP contribution in [0.25, 0.3) is 22.8 Å². The molecule has 0 N–H and O–H groups in total. The molecule has 0 saturated carbocycles. The van der Waals surface area contributed by atoms with Crippen LogP contribution in [0.3, 0.4) is 0 Å². The van der Waals surface area contributed by atoms with Crippen molar-refractivity contribution in [2.75, 3.05) is 0 Å². The molecule has 4 nitrogen and oxygen atoms in total. The number of oxazole rings is 1. The molecule has 0 radical (unpaired) electrons. The molecule has 0 unspecified atom stereocenters. The number of hydrogen-bond donors (Lipinski definition) is 0. The summed E-state index contributed by atoms with van der Waals surface area (Å²) in [6.45, 7) is 0. The van der Waals surface area contributed by atoms with E-state index >= 15 is 0 Å². The van der Waals surface area contributed by atoms with E-state index in [0.29, 0.717) is 23.7 Å². The predicted octanol–water partition coefficient (Wildman–Crippen LogP) is 3.15. The van der Waals surface area contributed by atoms with Gasteiger partial charge < -0.3 is 8.83 Å². The third kappa shape index (κ3) is 1.58. The number of nitrogens with zero attached hydrogens (tertiary/aromatic N) is 2. The molecule has 0 spiro atoms. The molecule has 2 aromatic heterocycles. The van der Waals surface area contributed by atoms with Crippen LogP contribution < -0.4 is 0 Å². The lowest BCUT2D eigenvalue weighted by Gasteiger charge is -1.92. The third-order valence-corrected chi connectivity index (χ3v) is 2.50. The molecule has 0 aliphatic rings. The van der Waals surface area contributed by atoms with Crippen LogP contribution in [0, 0.1) is 11.3 Å². The maximum Gasteiger partial charge on any atom is 0.263 e. The first-order chi connectivity index (χ1) is 8.38. The fraction of sp³-hybridized carbons (Fsp3) is 0.0769. The van der Waals surface area contributed by atoms with E-state index in [2.05, 4.69) is 11.1 Å². The standard InChI is InChI=1S/C13H8N2O2/c14-7-6-9-3-1-4-10-12(9)15-13(17-10)11-5-2-8-16-11/h1-5,8H,6H2. The van der Waals surface area contributed by atoms with E-state index in [1.807, 2.05) is 18.2 Å². The normalized spacial score (nSPS) is 10.5. The second-order valence-electron chi connectivity index (χ2n) is 3.60. The molecule has 0 atom stereocenters. The Bertz CT molecular complexity index is 690. The molecule has 17 heavy (non-hydrogen) atoms. The molecule has 3 rings (SSSR count). The van der Waals surface area contributed by atoms with E-state index in [1.54, 1.807) is 18.4 Å². The minimum atomic E-state index is 0.321. The molecule has 1 aromatic carbocycles. The van der Waals surface area contributed by atoms with Gasteiger partial charge >= 0.3 is 0 Å². The summed E-state index contributed by atoms with van der Waals surface area (Å²) >= 11 is 0. The van der Waals surface area contributed by atoms with Gasteiger partial charge in [-0.25, -0.2) is 4.98 Å². The van der Waals surface area contributed by atoms with E-state index in [4.69, 9.17) is 14.1 Å². The molecule has 82 valence electrons. The zero-order valence-corrected chi connectivity index (χ0v) is 8.88. The van der Waals surface area contributed by atoms with Gasteiger partial charge in [-0.2, -0.15) is 5.26 Å². The molecule has 0 fully saturated rings. The SMILES string of the molecule is N#CCc1cccc2oc(-c3ccco3)nc12. The lowest BCUT2D eigenvalue weighted by atomic mass is 10.1. The topological polar surface area (TPSA) is 63.0 Å². The van der Waals surface area contributed by atoms with E-state index < -0.39 is 0 Å². The highest BCUT2D eigenvalue weighted by Crippen LogP contribution is 2.26. The summed E-state index contributed by atoms with van der Waals surface area (Å²) in [6, 6.07) is 11.2. The van der Waals surface area contributed by atoms with Crippen LogP contribution in [-0.2, 0) is 6.42 Å². The zero-order valence-electron chi connectivity index (χ0n) is 8.88. The Morgan fingerprint density at radius 2 is 2.18 bits per heavy atom. The Morgan fingerprint density at radius 1 is 1.24 bits per heavy atom. The monoisotopic (exact) mass is 224 g/mol. The molecule has 0 bridgehead atoms. The molecular weight excluding hydrogens is 216 g/mol. The summed E-state index contributed by atoms with van der Waals surface area (Å²) in [5.41, 5.74) is 2.26. The first-order valence-corrected chi connectivity index (χ1v) is 5.18. The third-order valence-electron chi connectivity index (χ3n) is 2.50. The fourth-order valence-electron chi connectivity index (χ4n) is 1.74. The van der Waals surface area contributed by atoms with Crippen molar-refractivity contribution in [1.82, 2.24) is 4.98 Å². The largest absolute Gasteiger partial charge is 0.459 e. The van der Waals surface area contributed by atoms with Crippen LogP contribution in [0.4, 0.5) is 0 Å². The molecule has 2 heterocycles. The van der Waals surface area contributed by atoms with Gasteiger partial charge in [-0.05, 0) is 23.8 Å². The Balaban J connectivity index is 2.19. The number of rotatable bonds is 2. The van der Waals surface area contributed by atoms with Crippen molar-refractivity contribution in [2.45, 2.75) is 6.42 Å². The van der Waals surface area contributed by atoms with Gasteiger partial charge in [0, 0.05) is 0 Å². The van der Waals surface area contributed by atoms with Crippen LogP contribution >= 0.6 is 0 Å². The minimum absolute atomic E-state index is 0.321. The van der Waals surface area contributed by atoms with Gasteiger partial charge in [0.2, 0.25) is 0 Å². The number of furan rings is 1. The highest BCUT2D eigenvalue weighted by atomic mass is 16.4. The lowest BCUT2D eigenvalue weighted by molar-refractivity contribution is 0.535. The zero-order chi connectivity index (χ0) is 11.7. The average molecular weight is 224 g/mol. The average Bonchev–Trinajstić information content (AvgIpc) is 2.98. The predicted molar refractivity (Wildman–Crippen MR) is 61.0 cm³/mol. The van der Waals surface area contributed by atoms with Crippen LogP contribution in [-0.4, -0.2) is 4.98 Å². The molecule has 0 aliphatic heterocycles. The highest BCUT2D eigenvalue weighted by Gasteiger charge is 2.12. The van der Waals surface area contributed by atoms with E-state index in [0.717, 1.165) is 11.1 Å². The molecular formula is C13H8N2O2. The van der Waals surface area contributed by atoms with Crippen molar-refractivity contribution in [2.24, 2.45) is 0 Å². The van der Waals surface area contributed by atoms with Crippen LogP contribution in [0.5, 0.6) is 0 Å². The Hall–Kier alpha value is -2.54. The number of hydrogen-bond acceptors (Lipinski definition) is 4. The maximum absolute atomic E-state index is 8.74. The van der Waals surface area contributed by atoms with Crippen molar-refractivity contribution in [3.05, 3.63) is 42.2 Å². The highest BCUT2D eigenvalue weighted by molar-refractivity contribution is 5.79. The summed E-state index contributed by atoms with van der Waals surface area (Å²) in [5.74, 6) is 1.03. The van der Waals surface area contributed by atoms with Crippen LogP contribution in [0.1, 0.15) is 5.56 Å². The van der Waals surface area contributed by atoms with Gasteiger partial charge in [0.15, 0.2) is 11.3 Å². The summed E-state index contributed by atoms with van der Waals surface area (Å²) in [4.78, 5) is 4.36. The summed E-state index contributed by atoms with van der Waals surface area (Å²) < 4.78 is 10.8. The number of para-hydroxylation sites is 1. The van der Waals surface area contributed by atoms with Gasteiger partial charge in [-0.3, -0.25) is 0 Å². The van der Waals surface area contributed by atoms with Crippen molar-refractivity contribution in [3.63, 3.8) is 0 Å². The van der Waals surface area contributed by atoms with Crippen LogP contribution in [0.2, 0.25) is 0 Å². The first kappa shape index (κ1) is 9.67. The summed E-state index contributed by atoms with van der Waals surface area (Å²) in [7, 11) is 0. The van der Waals surface area contributed by atoms with Gasteiger partial charge in [0.25, 0.3) is 5.89 Å². The molecule has 0 saturated heterocycles.